The van der Waals surface area contributed by atoms with Gasteiger partial charge in [-0.2, -0.15) is 9.36 Å². The van der Waals surface area contributed by atoms with Crippen molar-refractivity contribution in [1.82, 2.24) is 14.3 Å². The summed E-state index contributed by atoms with van der Waals surface area (Å²) < 4.78 is 14.7. The van der Waals surface area contributed by atoms with E-state index in [1.807, 2.05) is 18.2 Å². The second-order valence-electron chi connectivity index (χ2n) is 4.66. The van der Waals surface area contributed by atoms with Crippen LogP contribution < -0.4 is 14.8 Å². The zero-order valence-corrected chi connectivity index (χ0v) is 12.5. The van der Waals surface area contributed by atoms with Crippen LogP contribution in [0.25, 0.3) is 11.5 Å². The molecule has 4 rings (SSSR count). The van der Waals surface area contributed by atoms with Gasteiger partial charge in [0.25, 0.3) is 5.91 Å². The van der Waals surface area contributed by atoms with Gasteiger partial charge >= 0.3 is 0 Å². The number of carbonyl (C=O) groups is 1. The van der Waals surface area contributed by atoms with Crippen LogP contribution in [0.4, 0.5) is 5.13 Å². The molecule has 3 heterocycles. The number of rotatable bonds is 3. The van der Waals surface area contributed by atoms with Crippen LogP contribution in [0, 0.1) is 0 Å². The van der Waals surface area contributed by atoms with Crippen LogP contribution in [0.5, 0.6) is 11.5 Å². The van der Waals surface area contributed by atoms with Crippen molar-refractivity contribution in [3.8, 4) is 23.0 Å². The van der Waals surface area contributed by atoms with Crippen molar-refractivity contribution in [2.45, 2.75) is 0 Å². The number of hydrogen-bond donors (Lipinski definition) is 1. The minimum Gasteiger partial charge on any atom is -0.454 e. The van der Waals surface area contributed by atoms with Crippen molar-refractivity contribution in [1.29, 1.82) is 0 Å². The average Bonchev–Trinajstić information content (AvgIpc) is 3.24. The Morgan fingerprint density at radius 1 is 1.17 bits per heavy atom. The highest BCUT2D eigenvalue weighted by Gasteiger charge is 2.17. The van der Waals surface area contributed by atoms with E-state index in [2.05, 4.69) is 19.7 Å². The summed E-state index contributed by atoms with van der Waals surface area (Å²) in [5, 5.41) is 3.13. The first kappa shape index (κ1) is 13.6. The lowest BCUT2D eigenvalue weighted by molar-refractivity contribution is 0.102. The normalized spacial score (nSPS) is 12.2. The molecule has 0 spiro atoms. The summed E-state index contributed by atoms with van der Waals surface area (Å²) in [4.78, 5) is 20.7. The number of carbonyl (C=O) groups excluding carboxylic acids is 1. The summed E-state index contributed by atoms with van der Waals surface area (Å²) in [7, 11) is 0. The molecule has 1 N–H and O–H groups in total. The van der Waals surface area contributed by atoms with E-state index in [-0.39, 0.29) is 12.7 Å². The lowest BCUT2D eigenvalue weighted by atomic mass is 10.2. The highest BCUT2D eigenvalue weighted by atomic mass is 32.1. The molecule has 1 aliphatic heterocycles. The zero-order valence-electron chi connectivity index (χ0n) is 11.7. The molecule has 0 saturated carbocycles. The Kier molecular flexibility index (Phi) is 3.35. The summed E-state index contributed by atoms with van der Waals surface area (Å²) in [6.45, 7) is 0.171. The van der Waals surface area contributed by atoms with Crippen LogP contribution in [-0.2, 0) is 0 Å². The molecule has 23 heavy (non-hydrogen) atoms. The molecule has 3 aromatic rings. The molecule has 0 bridgehead atoms. The highest BCUT2D eigenvalue weighted by molar-refractivity contribution is 7.10. The van der Waals surface area contributed by atoms with Gasteiger partial charge in [0.2, 0.25) is 11.9 Å². The SMILES string of the molecule is O=C(Nc1nc(-c2ccccn2)ns1)c1ccc2c(c1)OCO2. The Balaban J connectivity index is 1.52. The van der Waals surface area contributed by atoms with E-state index in [4.69, 9.17) is 9.47 Å². The van der Waals surface area contributed by atoms with Gasteiger partial charge in [-0.3, -0.25) is 15.1 Å². The van der Waals surface area contributed by atoms with Gasteiger partial charge < -0.3 is 9.47 Å². The molecule has 1 aromatic carbocycles. The van der Waals surface area contributed by atoms with Crippen LogP contribution >= 0.6 is 11.5 Å². The number of nitrogens with zero attached hydrogens (tertiary/aromatic N) is 3. The van der Waals surface area contributed by atoms with Gasteiger partial charge in [-0.15, -0.1) is 0 Å². The maximum atomic E-state index is 12.3. The maximum Gasteiger partial charge on any atom is 0.257 e. The van der Waals surface area contributed by atoms with Crippen molar-refractivity contribution >= 4 is 22.6 Å². The second kappa shape index (κ2) is 5.65. The Labute approximate surface area is 135 Å². The van der Waals surface area contributed by atoms with Gasteiger partial charge in [0.1, 0.15) is 5.69 Å². The standard InChI is InChI=1S/C15H10N4O3S/c20-14(9-4-5-11-12(7-9)22-8-21-11)18-15-17-13(19-23-15)10-3-1-2-6-16-10/h1-7H,8H2,(H,17,18,19,20). The van der Waals surface area contributed by atoms with E-state index in [1.165, 1.54) is 0 Å². The van der Waals surface area contributed by atoms with E-state index in [0.29, 0.717) is 33.7 Å². The summed E-state index contributed by atoms with van der Waals surface area (Å²) in [6.07, 6.45) is 1.67. The molecule has 1 aliphatic rings. The fourth-order valence-electron chi connectivity index (χ4n) is 2.08. The van der Waals surface area contributed by atoms with Crippen LogP contribution in [-0.4, -0.2) is 27.0 Å². The first-order valence-electron chi connectivity index (χ1n) is 6.76. The summed E-state index contributed by atoms with van der Waals surface area (Å²) in [5.41, 5.74) is 1.12. The number of amides is 1. The summed E-state index contributed by atoms with van der Waals surface area (Å²) in [6, 6.07) is 10.5. The number of fused-ring (bicyclic) bond motifs is 1. The van der Waals surface area contributed by atoms with Gasteiger partial charge in [-0.25, -0.2) is 0 Å². The molecular weight excluding hydrogens is 316 g/mol. The molecule has 0 aliphatic carbocycles. The Morgan fingerprint density at radius 2 is 2.09 bits per heavy atom. The minimum absolute atomic E-state index is 0.171. The van der Waals surface area contributed by atoms with Gasteiger partial charge in [-0.05, 0) is 30.3 Å². The van der Waals surface area contributed by atoms with Gasteiger partial charge in [0.15, 0.2) is 17.3 Å². The van der Waals surface area contributed by atoms with E-state index < -0.39 is 0 Å². The largest absolute Gasteiger partial charge is 0.454 e. The number of anilines is 1. The molecule has 7 nitrogen and oxygen atoms in total. The predicted octanol–water partition coefficient (Wildman–Crippen LogP) is 2.58. The summed E-state index contributed by atoms with van der Waals surface area (Å²) in [5.74, 6) is 1.39. The molecule has 0 radical (unpaired) electrons. The van der Waals surface area contributed by atoms with E-state index in [9.17, 15) is 4.79 Å². The topological polar surface area (TPSA) is 86.2 Å². The van der Waals surface area contributed by atoms with Crippen LogP contribution in [0.1, 0.15) is 10.4 Å². The molecule has 0 unspecified atom stereocenters. The second-order valence-corrected chi connectivity index (χ2v) is 5.41. The molecule has 8 heteroatoms. The van der Waals surface area contributed by atoms with Crippen LogP contribution in [0.3, 0.4) is 0 Å². The third kappa shape index (κ3) is 2.71. The zero-order chi connectivity index (χ0) is 15.6. The molecular formula is C15H10N4O3S. The number of nitrogens with one attached hydrogen (secondary N) is 1. The number of hydrogen-bond acceptors (Lipinski definition) is 7. The lowest BCUT2D eigenvalue weighted by Crippen LogP contribution is -2.11. The Hall–Kier alpha value is -3.00. The molecule has 114 valence electrons. The van der Waals surface area contributed by atoms with Crippen molar-refractivity contribution in [3.63, 3.8) is 0 Å². The van der Waals surface area contributed by atoms with Gasteiger partial charge in [0.05, 0.1) is 0 Å². The predicted molar refractivity (Wildman–Crippen MR) is 83.7 cm³/mol. The Morgan fingerprint density at radius 3 is 2.96 bits per heavy atom. The number of benzene rings is 1. The van der Waals surface area contributed by atoms with E-state index in [1.54, 1.807) is 24.4 Å². The molecule has 0 atom stereocenters. The van der Waals surface area contributed by atoms with Crippen molar-refractivity contribution < 1.29 is 14.3 Å². The quantitative estimate of drug-likeness (QED) is 0.796. The first-order valence-corrected chi connectivity index (χ1v) is 7.53. The lowest BCUT2D eigenvalue weighted by Gasteiger charge is -2.02. The van der Waals surface area contributed by atoms with E-state index in [0.717, 1.165) is 11.5 Å². The first-order chi connectivity index (χ1) is 11.3. The van der Waals surface area contributed by atoms with Crippen LogP contribution in [0.15, 0.2) is 42.6 Å². The number of pyridine rings is 1. The maximum absolute atomic E-state index is 12.3. The smallest absolute Gasteiger partial charge is 0.257 e. The fraction of sp³-hybridized carbons (Fsp3) is 0.0667. The number of aromatic nitrogens is 3. The van der Waals surface area contributed by atoms with Crippen LogP contribution in [0.2, 0.25) is 0 Å². The summed E-state index contributed by atoms with van der Waals surface area (Å²) >= 11 is 1.10. The molecule has 2 aromatic heterocycles. The number of ether oxygens (including phenoxy) is 2. The van der Waals surface area contributed by atoms with E-state index >= 15 is 0 Å². The van der Waals surface area contributed by atoms with Gasteiger partial charge in [-0.1, -0.05) is 6.07 Å². The van der Waals surface area contributed by atoms with Crippen molar-refractivity contribution in [3.05, 3.63) is 48.2 Å². The third-order valence-corrected chi connectivity index (χ3v) is 3.81. The minimum atomic E-state index is -0.285. The Bertz CT molecular complexity index is 866. The van der Waals surface area contributed by atoms with Gasteiger partial charge in [0, 0.05) is 23.3 Å². The molecule has 0 fully saturated rings. The average molecular weight is 326 g/mol. The highest BCUT2D eigenvalue weighted by Crippen LogP contribution is 2.32. The monoisotopic (exact) mass is 326 g/mol. The fourth-order valence-corrected chi connectivity index (χ4v) is 2.65. The van der Waals surface area contributed by atoms with Crippen molar-refractivity contribution in [2.24, 2.45) is 0 Å². The third-order valence-electron chi connectivity index (χ3n) is 3.18. The molecule has 1 amide bonds. The van der Waals surface area contributed by atoms with Crippen molar-refractivity contribution in [2.75, 3.05) is 12.1 Å². The molecule has 0 saturated heterocycles.